The molecule has 1 aromatic heterocycles. The predicted octanol–water partition coefficient (Wildman–Crippen LogP) is 2.10. The van der Waals surface area contributed by atoms with Crippen LogP contribution in [0.5, 0.6) is 5.75 Å². The Labute approximate surface area is 165 Å². The van der Waals surface area contributed by atoms with Crippen molar-refractivity contribution in [2.45, 2.75) is 25.1 Å². The minimum absolute atomic E-state index is 0.0153. The summed E-state index contributed by atoms with van der Waals surface area (Å²) in [6.07, 6.45) is -2.51. The highest BCUT2D eigenvalue weighted by Gasteiger charge is 2.39. The smallest absolute Gasteiger partial charge is 0.416 e. The molecule has 0 amide bonds. The molecule has 2 atom stereocenters. The summed E-state index contributed by atoms with van der Waals surface area (Å²) in [7, 11) is 3.53. The van der Waals surface area contributed by atoms with E-state index in [4.69, 9.17) is 0 Å². The Balaban J connectivity index is 1.69. The average Bonchev–Trinajstić information content (AvgIpc) is 3.06. The quantitative estimate of drug-likeness (QED) is 0.819. The van der Waals surface area contributed by atoms with Crippen molar-refractivity contribution in [3.05, 3.63) is 34.1 Å². The highest BCUT2D eigenvalue weighted by Crippen LogP contribution is 2.36. The first-order valence-corrected chi connectivity index (χ1v) is 9.46. The Hall–Kier alpha value is -2.62. The Bertz CT molecular complexity index is 991. The standard InChI is InChI=1S/C19H22F3N5O2/c1-25-7-5-11-6-8-27(14(11)10-25)17-18(29)26(2)16(23-24-17)13-4-3-12(9-15(13)28)19(20,21)22/h3-4,9,11,14,28H,5-8,10H2,1-2H3. The van der Waals surface area contributed by atoms with E-state index >= 15 is 0 Å². The van der Waals surface area contributed by atoms with Crippen molar-refractivity contribution in [1.29, 1.82) is 0 Å². The van der Waals surface area contributed by atoms with Gasteiger partial charge in [-0.05, 0) is 50.6 Å². The molecule has 2 fully saturated rings. The lowest BCUT2D eigenvalue weighted by atomic mass is 9.92. The van der Waals surface area contributed by atoms with Crippen LogP contribution in [0.15, 0.2) is 23.0 Å². The van der Waals surface area contributed by atoms with Gasteiger partial charge in [-0.2, -0.15) is 13.2 Å². The van der Waals surface area contributed by atoms with Crippen LogP contribution in [0, 0.1) is 5.92 Å². The topological polar surface area (TPSA) is 74.5 Å². The van der Waals surface area contributed by atoms with Gasteiger partial charge in [0.2, 0.25) is 5.82 Å². The largest absolute Gasteiger partial charge is 0.507 e. The van der Waals surface area contributed by atoms with E-state index in [0.717, 1.165) is 44.6 Å². The molecule has 10 heteroatoms. The molecule has 1 aromatic carbocycles. The third kappa shape index (κ3) is 3.45. The lowest BCUT2D eigenvalue weighted by molar-refractivity contribution is -0.137. The number of aromatic nitrogens is 3. The molecular weight excluding hydrogens is 387 g/mol. The summed E-state index contributed by atoms with van der Waals surface area (Å²) >= 11 is 0. The van der Waals surface area contributed by atoms with Gasteiger partial charge in [-0.15, -0.1) is 10.2 Å². The SMILES string of the molecule is CN1CCC2CCN(c3nnc(-c4ccc(C(F)(F)F)cc4O)n(C)c3=O)C2C1. The molecule has 1 N–H and O–H groups in total. The highest BCUT2D eigenvalue weighted by molar-refractivity contribution is 5.65. The maximum atomic E-state index is 13.0. The van der Waals surface area contributed by atoms with E-state index in [0.29, 0.717) is 12.0 Å². The van der Waals surface area contributed by atoms with Crippen LogP contribution in [0.25, 0.3) is 11.4 Å². The molecule has 2 aromatic rings. The zero-order valence-electron chi connectivity index (χ0n) is 16.1. The second-order valence-electron chi connectivity index (χ2n) is 7.80. The molecule has 2 saturated heterocycles. The first-order chi connectivity index (χ1) is 13.7. The summed E-state index contributed by atoms with van der Waals surface area (Å²) < 4.78 is 39.7. The second kappa shape index (κ2) is 7.01. The number of aromatic hydroxyl groups is 1. The van der Waals surface area contributed by atoms with Gasteiger partial charge in [0.1, 0.15) is 5.75 Å². The Morgan fingerprint density at radius 2 is 1.86 bits per heavy atom. The molecule has 2 unspecified atom stereocenters. The molecule has 0 spiro atoms. The molecule has 2 aliphatic rings. The van der Waals surface area contributed by atoms with Crippen molar-refractivity contribution < 1.29 is 18.3 Å². The summed E-state index contributed by atoms with van der Waals surface area (Å²) in [5.41, 5.74) is -1.34. The van der Waals surface area contributed by atoms with Gasteiger partial charge in [0.15, 0.2) is 5.82 Å². The molecule has 0 radical (unpaired) electrons. The number of likely N-dealkylation sites (tertiary alicyclic amines) is 1. The molecule has 29 heavy (non-hydrogen) atoms. The number of hydrogen-bond donors (Lipinski definition) is 1. The maximum Gasteiger partial charge on any atom is 0.416 e. The molecule has 7 nitrogen and oxygen atoms in total. The third-order valence-corrected chi connectivity index (χ3v) is 5.96. The number of hydrogen-bond acceptors (Lipinski definition) is 6. The fraction of sp³-hybridized carbons (Fsp3) is 0.526. The molecular formula is C19H22F3N5O2. The van der Waals surface area contributed by atoms with Crippen LogP contribution in [0.2, 0.25) is 0 Å². The van der Waals surface area contributed by atoms with Crippen LogP contribution in [0.3, 0.4) is 0 Å². The number of rotatable bonds is 2. The van der Waals surface area contributed by atoms with Crippen LogP contribution in [-0.4, -0.2) is 57.5 Å². The van der Waals surface area contributed by atoms with Crippen LogP contribution >= 0.6 is 0 Å². The summed E-state index contributed by atoms with van der Waals surface area (Å²) in [5, 5.41) is 18.3. The molecule has 0 saturated carbocycles. The van der Waals surface area contributed by atoms with E-state index < -0.39 is 17.5 Å². The molecule has 3 heterocycles. The van der Waals surface area contributed by atoms with Crippen molar-refractivity contribution in [1.82, 2.24) is 19.7 Å². The number of anilines is 1. The minimum Gasteiger partial charge on any atom is -0.507 e. The van der Waals surface area contributed by atoms with Crippen molar-refractivity contribution in [2.75, 3.05) is 31.6 Å². The fourth-order valence-electron chi connectivity index (χ4n) is 4.32. The minimum atomic E-state index is -4.57. The zero-order chi connectivity index (χ0) is 20.9. The van der Waals surface area contributed by atoms with Crippen LogP contribution in [0.1, 0.15) is 18.4 Å². The normalized spacial score (nSPS) is 22.7. The molecule has 0 aliphatic carbocycles. The maximum absolute atomic E-state index is 13.0. The number of likely N-dealkylation sites (N-methyl/N-ethyl adjacent to an activating group) is 1. The number of phenolic OH excluding ortho intramolecular Hbond substituents is 1. The van der Waals surface area contributed by atoms with Gasteiger partial charge in [-0.1, -0.05) is 0 Å². The van der Waals surface area contributed by atoms with E-state index in [-0.39, 0.29) is 28.8 Å². The fourth-order valence-corrected chi connectivity index (χ4v) is 4.32. The molecule has 4 rings (SSSR count). The molecule has 156 valence electrons. The molecule has 2 aliphatic heterocycles. The van der Waals surface area contributed by atoms with Gasteiger partial charge >= 0.3 is 6.18 Å². The highest BCUT2D eigenvalue weighted by atomic mass is 19.4. The van der Waals surface area contributed by atoms with Gasteiger partial charge in [0, 0.05) is 26.2 Å². The van der Waals surface area contributed by atoms with Gasteiger partial charge in [-0.3, -0.25) is 9.36 Å². The van der Waals surface area contributed by atoms with Crippen molar-refractivity contribution in [2.24, 2.45) is 13.0 Å². The number of piperidine rings is 1. The lowest BCUT2D eigenvalue weighted by Crippen LogP contribution is -2.48. The van der Waals surface area contributed by atoms with E-state index in [1.807, 2.05) is 11.9 Å². The number of halogens is 3. The monoisotopic (exact) mass is 409 g/mol. The van der Waals surface area contributed by atoms with Crippen LogP contribution in [-0.2, 0) is 13.2 Å². The lowest BCUT2D eigenvalue weighted by Gasteiger charge is -2.36. The molecule has 0 bridgehead atoms. The van der Waals surface area contributed by atoms with Crippen LogP contribution in [0.4, 0.5) is 19.0 Å². The number of benzene rings is 1. The van der Waals surface area contributed by atoms with Gasteiger partial charge in [-0.25, -0.2) is 0 Å². The second-order valence-corrected chi connectivity index (χ2v) is 7.80. The van der Waals surface area contributed by atoms with Gasteiger partial charge in [0.25, 0.3) is 5.56 Å². The first-order valence-electron chi connectivity index (χ1n) is 9.46. The van der Waals surface area contributed by atoms with E-state index in [2.05, 4.69) is 15.1 Å². The summed E-state index contributed by atoms with van der Waals surface area (Å²) in [6.45, 7) is 2.60. The third-order valence-electron chi connectivity index (χ3n) is 5.96. The van der Waals surface area contributed by atoms with E-state index in [9.17, 15) is 23.1 Å². The average molecular weight is 409 g/mol. The summed E-state index contributed by atoms with van der Waals surface area (Å²) in [5.74, 6) is 0.162. The van der Waals surface area contributed by atoms with Crippen molar-refractivity contribution in [3.8, 4) is 17.1 Å². The zero-order valence-corrected chi connectivity index (χ0v) is 16.1. The first kappa shape index (κ1) is 19.7. The predicted molar refractivity (Wildman–Crippen MR) is 101 cm³/mol. The summed E-state index contributed by atoms with van der Waals surface area (Å²) in [6, 6.07) is 2.76. The number of phenols is 1. The van der Waals surface area contributed by atoms with Crippen molar-refractivity contribution >= 4 is 5.82 Å². The van der Waals surface area contributed by atoms with Crippen molar-refractivity contribution in [3.63, 3.8) is 0 Å². The number of fused-ring (bicyclic) bond motifs is 1. The Morgan fingerprint density at radius 3 is 2.55 bits per heavy atom. The summed E-state index contributed by atoms with van der Waals surface area (Å²) in [4.78, 5) is 17.2. The van der Waals surface area contributed by atoms with E-state index in [1.165, 1.54) is 11.6 Å². The van der Waals surface area contributed by atoms with E-state index in [1.54, 1.807) is 0 Å². The van der Waals surface area contributed by atoms with Gasteiger partial charge in [0.05, 0.1) is 11.1 Å². The number of alkyl halides is 3. The Morgan fingerprint density at radius 1 is 1.14 bits per heavy atom. The Kier molecular flexibility index (Phi) is 4.76. The van der Waals surface area contributed by atoms with Gasteiger partial charge < -0.3 is 14.9 Å². The number of nitrogens with zero attached hydrogens (tertiary/aromatic N) is 5. The van der Waals surface area contributed by atoms with Crippen LogP contribution < -0.4 is 10.5 Å².